The largest absolute Gasteiger partial charge is 0.391 e. The van der Waals surface area contributed by atoms with E-state index in [1.807, 2.05) is 32.0 Å². The van der Waals surface area contributed by atoms with Gasteiger partial charge in [0, 0.05) is 11.1 Å². The second-order valence-corrected chi connectivity index (χ2v) is 5.23. The van der Waals surface area contributed by atoms with Gasteiger partial charge in [-0.1, -0.05) is 12.1 Å². The van der Waals surface area contributed by atoms with Gasteiger partial charge in [-0.15, -0.1) is 0 Å². The van der Waals surface area contributed by atoms with Crippen LogP contribution in [0.25, 0.3) is 16.9 Å². The highest BCUT2D eigenvalue weighted by Crippen LogP contribution is 2.27. The molecule has 114 valence electrons. The van der Waals surface area contributed by atoms with E-state index in [2.05, 4.69) is 10.1 Å². The van der Waals surface area contributed by atoms with Crippen molar-refractivity contribution in [2.24, 2.45) is 0 Å². The van der Waals surface area contributed by atoms with Crippen molar-refractivity contribution < 1.29 is 13.9 Å². The number of aliphatic hydroxyl groups is 1. The number of aromatic nitrogens is 3. The van der Waals surface area contributed by atoms with Crippen molar-refractivity contribution in [2.45, 2.75) is 26.9 Å². The van der Waals surface area contributed by atoms with E-state index in [1.54, 1.807) is 0 Å². The molecule has 0 atom stereocenters. The van der Waals surface area contributed by atoms with Gasteiger partial charge in [0.05, 0.1) is 18.5 Å². The van der Waals surface area contributed by atoms with Crippen LogP contribution in [0.5, 0.6) is 0 Å². The van der Waals surface area contributed by atoms with Crippen molar-refractivity contribution in [1.29, 1.82) is 0 Å². The molecule has 1 aromatic carbocycles. The summed E-state index contributed by atoms with van der Waals surface area (Å²) in [4.78, 5) is 4.40. The molecule has 2 aromatic heterocycles. The summed E-state index contributed by atoms with van der Waals surface area (Å²) in [6, 6.07) is 7.04. The number of aliphatic hydroxyl groups excluding tert-OH is 1. The fourth-order valence-corrected chi connectivity index (χ4v) is 2.35. The summed E-state index contributed by atoms with van der Waals surface area (Å²) in [5, 5.41) is 13.2. The Bertz CT molecular complexity index is 843. The van der Waals surface area contributed by atoms with E-state index in [9.17, 15) is 13.9 Å². The lowest BCUT2D eigenvalue weighted by Crippen LogP contribution is -2.03. The third kappa shape index (κ3) is 2.35. The molecule has 3 rings (SSSR count). The Labute approximate surface area is 126 Å². The number of rotatable bonds is 3. The smallest absolute Gasteiger partial charge is 0.280 e. The van der Waals surface area contributed by atoms with E-state index >= 15 is 0 Å². The molecule has 3 aromatic rings. The Morgan fingerprint density at radius 2 is 1.95 bits per heavy atom. The fraction of sp³-hybridized carbons (Fsp3) is 0.250. The summed E-state index contributed by atoms with van der Waals surface area (Å²) in [5.74, 6) is 0. The van der Waals surface area contributed by atoms with E-state index in [0.29, 0.717) is 11.3 Å². The van der Waals surface area contributed by atoms with Gasteiger partial charge in [-0.3, -0.25) is 0 Å². The second-order valence-electron chi connectivity index (χ2n) is 5.23. The number of halogens is 2. The number of hydrogen-bond acceptors (Lipinski definition) is 3. The zero-order chi connectivity index (χ0) is 15.9. The van der Waals surface area contributed by atoms with Crippen molar-refractivity contribution in [2.75, 3.05) is 0 Å². The molecule has 2 heterocycles. The van der Waals surface area contributed by atoms with Crippen molar-refractivity contribution in [1.82, 2.24) is 14.6 Å². The average molecular weight is 303 g/mol. The van der Waals surface area contributed by atoms with E-state index in [1.165, 1.54) is 12.3 Å². The maximum Gasteiger partial charge on any atom is 0.280 e. The van der Waals surface area contributed by atoms with Crippen molar-refractivity contribution in [3.8, 4) is 11.3 Å². The van der Waals surface area contributed by atoms with Crippen LogP contribution in [0, 0.1) is 13.8 Å². The molecular formula is C16H15F2N3O. The maximum atomic E-state index is 13.3. The fourth-order valence-electron chi connectivity index (χ4n) is 2.35. The molecule has 0 saturated carbocycles. The van der Waals surface area contributed by atoms with Gasteiger partial charge in [-0.05, 0) is 37.1 Å². The Morgan fingerprint density at radius 3 is 2.59 bits per heavy atom. The maximum absolute atomic E-state index is 13.3. The molecule has 0 bridgehead atoms. The SMILES string of the molecule is Cc1ccc(-c2cc(C(F)F)n3ncc(CO)c3n2)cc1C. The summed E-state index contributed by atoms with van der Waals surface area (Å²) < 4.78 is 27.7. The van der Waals surface area contributed by atoms with Gasteiger partial charge in [-0.2, -0.15) is 5.10 Å². The lowest BCUT2D eigenvalue weighted by molar-refractivity contribution is 0.143. The molecule has 0 unspecified atom stereocenters. The molecule has 0 amide bonds. The molecule has 1 N–H and O–H groups in total. The highest BCUT2D eigenvalue weighted by Gasteiger charge is 2.18. The van der Waals surface area contributed by atoms with Crippen LogP contribution in [-0.2, 0) is 6.61 Å². The Hall–Kier alpha value is -2.34. The molecule has 0 spiro atoms. The van der Waals surface area contributed by atoms with E-state index in [0.717, 1.165) is 21.2 Å². The minimum Gasteiger partial charge on any atom is -0.391 e. The first kappa shape index (κ1) is 14.6. The molecule has 0 radical (unpaired) electrons. The van der Waals surface area contributed by atoms with Crippen LogP contribution in [0.1, 0.15) is 28.8 Å². The summed E-state index contributed by atoms with van der Waals surface area (Å²) in [5.41, 5.74) is 3.84. The predicted octanol–water partition coefficient (Wildman–Crippen LogP) is 3.44. The van der Waals surface area contributed by atoms with Crippen LogP contribution in [0.15, 0.2) is 30.5 Å². The summed E-state index contributed by atoms with van der Waals surface area (Å²) in [7, 11) is 0. The zero-order valence-corrected chi connectivity index (χ0v) is 12.2. The van der Waals surface area contributed by atoms with Gasteiger partial charge in [0.25, 0.3) is 6.43 Å². The molecule has 0 fully saturated rings. The number of aryl methyl sites for hydroxylation is 2. The van der Waals surface area contributed by atoms with Crippen LogP contribution < -0.4 is 0 Å². The summed E-state index contributed by atoms with van der Waals surface area (Å²) in [6.07, 6.45) is -1.32. The van der Waals surface area contributed by atoms with E-state index in [4.69, 9.17) is 0 Å². The van der Waals surface area contributed by atoms with Crippen LogP contribution in [0.2, 0.25) is 0 Å². The molecule has 6 heteroatoms. The second kappa shape index (κ2) is 5.46. The quantitative estimate of drug-likeness (QED) is 0.806. The molecule has 0 aliphatic rings. The van der Waals surface area contributed by atoms with Crippen LogP contribution in [-0.4, -0.2) is 19.7 Å². The van der Waals surface area contributed by atoms with Gasteiger partial charge in [0.1, 0.15) is 5.69 Å². The number of fused-ring (bicyclic) bond motifs is 1. The third-order valence-electron chi connectivity index (χ3n) is 3.77. The normalized spacial score (nSPS) is 11.5. The van der Waals surface area contributed by atoms with Crippen LogP contribution >= 0.6 is 0 Å². The summed E-state index contributed by atoms with van der Waals surface area (Å²) in [6.45, 7) is 3.65. The van der Waals surface area contributed by atoms with Crippen molar-refractivity contribution in [3.05, 3.63) is 52.8 Å². The van der Waals surface area contributed by atoms with Gasteiger partial charge in [-0.25, -0.2) is 18.3 Å². The van der Waals surface area contributed by atoms with Crippen molar-refractivity contribution >= 4 is 5.65 Å². The molecule has 4 nitrogen and oxygen atoms in total. The molecule has 0 aliphatic heterocycles. The average Bonchev–Trinajstić information content (AvgIpc) is 2.91. The molecular weight excluding hydrogens is 288 g/mol. The van der Waals surface area contributed by atoms with Gasteiger partial charge in [0.2, 0.25) is 0 Å². The number of benzene rings is 1. The highest BCUT2D eigenvalue weighted by atomic mass is 19.3. The third-order valence-corrected chi connectivity index (χ3v) is 3.77. The molecule has 0 saturated heterocycles. The molecule has 0 aliphatic carbocycles. The lowest BCUT2D eigenvalue weighted by atomic mass is 10.0. The highest BCUT2D eigenvalue weighted by molar-refractivity contribution is 5.65. The minimum absolute atomic E-state index is 0.238. The van der Waals surface area contributed by atoms with Gasteiger partial charge >= 0.3 is 0 Å². The number of hydrogen-bond donors (Lipinski definition) is 1. The van der Waals surface area contributed by atoms with Gasteiger partial charge < -0.3 is 5.11 Å². The Morgan fingerprint density at radius 1 is 1.18 bits per heavy atom. The molecule has 22 heavy (non-hydrogen) atoms. The number of nitrogens with zero attached hydrogens (tertiary/aromatic N) is 3. The Balaban J connectivity index is 2.27. The topological polar surface area (TPSA) is 50.4 Å². The van der Waals surface area contributed by atoms with Crippen molar-refractivity contribution in [3.63, 3.8) is 0 Å². The first-order valence-electron chi connectivity index (χ1n) is 6.85. The van der Waals surface area contributed by atoms with Crippen LogP contribution in [0.4, 0.5) is 8.78 Å². The Kier molecular flexibility index (Phi) is 3.62. The predicted molar refractivity (Wildman–Crippen MR) is 78.8 cm³/mol. The summed E-state index contributed by atoms with van der Waals surface area (Å²) >= 11 is 0. The lowest BCUT2D eigenvalue weighted by Gasteiger charge is -2.09. The minimum atomic E-state index is -2.68. The van der Waals surface area contributed by atoms with Crippen LogP contribution in [0.3, 0.4) is 0 Å². The number of alkyl halides is 2. The standard InChI is InChI=1S/C16H15F2N3O/c1-9-3-4-11(5-10(9)2)13-6-14(15(17)18)21-16(20-13)12(8-22)7-19-21/h3-7,15,22H,8H2,1-2H3. The first-order chi connectivity index (χ1) is 10.5. The van der Waals surface area contributed by atoms with Gasteiger partial charge in [0.15, 0.2) is 5.65 Å². The first-order valence-corrected chi connectivity index (χ1v) is 6.85. The monoisotopic (exact) mass is 303 g/mol. The van der Waals surface area contributed by atoms with E-state index < -0.39 is 6.43 Å². The zero-order valence-electron chi connectivity index (χ0n) is 12.2. The van der Waals surface area contributed by atoms with E-state index in [-0.39, 0.29) is 17.9 Å².